The highest BCUT2D eigenvalue weighted by Gasteiger charge is 2.41. The summed E-state index contributed by atoms with van der Waals surface area (Å²) >= 11 is 1.94. The van der Waals surface area contributed by atoms with Crippen molar-refractivity contribution in [1.29, 1.82) is 0 Å². The zero-order chi connectivity index (χ0) is 12.5. The van der Waals surface area contributed by atoms with E-state index in [1.54, 1.807) is 0 Å². The molecule has 2 heterocycles. The molecule has 1 aliphatic carbocycles. The van der Waals surface area contributed by atoms with Crippen molar-refractivity contribution in [3.05, 3.63) is 0 Å². The fourth-order valence-corrected chi connectivity index (χ4v) is 4.27. The van der Waals surface area contributed by atoms with Crippen molar-refractivity contribution in [3.63, 3.8) is 0 Å². The summed E-state index contributed by atoms with van der Waals surface area (Å²) < 4.78 is 5.86. The lowest BCUT2D eigenvalue weighted by atomic mass is 10.1. The third kappa shape index (κ3) is 3.02. The average molecular weight is 268 g/mol. The van der Waals surface area contributed by atoms with Crippen LogP contribution in [-0.4, -0.2) is 35.7 Å². The van der Waals surface area contributed by atoms with Gasteiger partial charge >= 0.3 is 0 Å². The van der Waals surface area contributed by atoms with E-state index in [4.69, 9.17) is 4.74 Å². The Labute approximate surface area is 114 Å². The van der Waals surface area contributed by atoms with Crippen LogP contribution < -0.4 is 5.32 Å². The maximum atomic E-state index is 5.86. The second-order valence-corrected chi connectivity index (χ2v) is 7.52. The fourth-order valence-electron chi connectivity index (χ4n) is 2.96. The van der Waals surface area contributed by atoms with E-state index in [1.807, 2.05) is 11.8 Å². The van der Waals surface area contributed by atoms with Crippen LogP contribution >= 0.6 is 11.8 Å². The van der Waals surface area contributed by atoms with Gasteiger partial charge in [-0.15, -0.1) is 0 Å². The molecule has 2 fully saturated rings. The summed E-state index contributed by atoms with van der Waals surface area (Å²) in [6.07, 6.45) is 5.59. The summed E-state index contributed by atoms with van der Waals surface area (Å²) in [6, 6.07) is 0.515. The van der Waals surface area contributed by atoms with Crippen LogP contribution in [0, 0.1) is 11.8 Å². The molecule has 0 aromatic carbocycles. The number of nitrogens with one attached hydrogen (secondary N) is 1. The van der Waals surface area contributed by atoms with Gasteiger partial charge < -0.3 is 10.1 Å². The topological polar surface area (TPSA) is 33.6 Å². The molecule has 3 nitrogen and oxygen atoms in total. The molecule has 4 heteroatoms. The zero-order valence-electron chi connectivity index (χ0n) is 11.4. The van der Waals surface area contributed by atoms with E-state index in [9.17, 15) is 0 Å². The van der Waals surface area contributed by atoms with Crippen LogP contribution in [0.5, 0.6) is 0 Å². The summed E-state index contributed by atoms with van der Waals surface area (Å²) in [5.41, 5.74) is 0. The van der Waals surface area contributed by atoms with E-state index in [-0.39, 0.29) is 0 Å². The number of nitrogens with zero attached hydrogens (tertiary/aromatic N) is 1. The number of thioether (sulfide) groups is 1. The monoisotopic (exact) mass is 268 g/mol. The molecule has 0 radical (unpaired) electrons. The third-order valence-electron chi connectivity index (χ3n) is 3.98. The Morgan fingerprint density at radius 2 is 2.22 bits per heavy atom. The van der Waals surface area contributed by atoms with Gasteiger partial charge in [0.15, 0.2) is 5.17 Å². The Kier molecular flexibility index (Phi) is 3.85. The number of amidine groups is 1. The minimum absolute atomic E-state index is 0.456. The molecule has 3 atom stereocenters. The fraction of sp³-hybridized carbons (Fsp3) is 0.929. The lowest BCUT2D eigenvalue weighted by molar-refractivity contribution is 0.0844. The van der Waals surface area contributed by atoms with Crippen molar-refractivity contribution in [2.45, 2.75) is 56.9 Å². The smallest absolute Gasteiger partial charge is 0.157 e. The maximum Gasteiger partial charge on any atom is 0.157 e. The normalized spacial score (nSPS) is 36.2. The Morgan fingerprint density at radius 1 is 1.39 bits per heavy atom. The molecule has 0 bridgehead atoms. The predicted octanol–water partition coefficient (Wildman–Crippen LogP) is 2.66. The van der Waals surface area contributed by atoms with Crippen molar-refractivity contribution >= 4 is 16.9 Å². The van der Waals surface area contributed by atoms with Crippen molar-refractivity contribution in [3.8, 4) is 0 Å². The van der Waals surface area contributed by atoms with Crippen LogP contribution in [0.25, 0.3) is 0 Å². The van der Waals surface area contributed by atoms with E-state index in [1.165, 1.54) is 24.4 Å². The van der Waals surface area contributed by atoms with Gasteiger partial charge in [0.25, 0.3) is 0 Å². The SMILES string of the molecule is CC(C)CC1CN=C(NC2CCOC2C2CC2)S1. The largest absolute Gasteiger partial charge is 0.376 e. The number of ether oxygens (including phenoxy) is 1. The molecule has 0 aromatic rings. The second-order valence-electron chi connectivity index (χ2n) is 6.23. The molecule has 102 valence electrons. The van der Waals surface area contributed by atoms with Crippen LogP contribution in [0.15, 0.2) is 4.99 Å². The van der Waals surface area contributed by atoms with Crippen LogP contribution in [0.4, 0.5) is 0 Å². The highest BCUT2D eigenvalue weighted by Crippen LogP contribution is 2.39. The molecule has 0 amide bonds. The first-order valence-electron chi connectivity index (χ1n) is 7.31. The van der Waals surface area contributed by atoms with Crippen molar-refractivity contribution < 1.29 is 4.74 Å². The predicted molar refractivity (Wildman–Crippen MR) is 77.1 cm³/mol. The highest BCUT2D eigenvalue weighted by atomic mass is 32.2. The standard InChI is InChI=1S/C14H24N2OS/c1-9(2)7-11-8-15-14(18-11)16-12-5-6-17-13(12)10-3-4-10/h9-13H,3-8H2,1-2H3,(H,15,16). The van der Waals surface area contributed by atoms with E-state index < -0.39 is 0 Å². The average Bonchev–Trinajstić information content (AvgIpc) is 2.91. The Bertz CT molecular complexity index is 328. The van der Waals surface area contributed by atoms with Gasteiger partial charge in [-0.2, -0.15) is 0 Å². The molecule has 1 saturated carbocycles. The quantitative estimate of drug-likeness (QED) is 0.851. The van der Waals surface area contributed by atoms with Gasteiger partial charge in [-0.1, -0.05) is 25.6 Å². The van der Waals surface area contributed by atoms with E-state index in [0.717, 1.165) is 31.4 Å². The molecular weight excluding hydrogens is 244 g/mol. The highest BCUT2D eigenvalue weighted by molar-refractivity contribution is 8.14. The summed E-state index contributed by atoms with van der Waals surface area (Å²) in [7, 11) is 0. The molecule has 3 unspecified atom stereocenters. The molecule has 3 rings (SSSR count). The molecule has 3 aliphatic rings. The maximum absolute atomic E-state index is 5.86. The second kappa shape index (κ2) is 5.41. The number of hydrogen-bond donors (Lipinski definition) is 1. The summed E-state index contributed by atoms with van der Waals surface area (Å²) in [6.45, 7) is 6.50. The minimum atomic E-state index is 0.456. The Hall–Kier alpha value is -0.220. The molecule has 0 spiro atoms. The summed E-state index contributed by atoms with van der Waals surface area (Å²) in [5, 5.41) is 5.50. The third-order valence-corrected chi connectivity index (χ3v) is 5.13. The first kappa shape index (κ1) is 12.8. The first-order chi connectivity index (χ1) is 8.72. The molecule has 2 aliphatic heterocycles. The van der Waals surface area contributed by atoms with Crippen molar-refractivity contribution in [1.82, 2.24) is 5.32 Å². The molecule has 0 aromatic heterocycles. The molecular formula is C14H24N2OS. The van der Waals surface area contributed by atoms with Gasteiger partial charge in [0.2, 0.25) is 0 Å². The van der Waals surface area contributed by atoms with Crippen LogP contribution in [0.2, 0.25) is 0 Å². The molecule has 18 heavy (non-hydrogen) atoms. The van der Waals surface area contributed by atoms with Crippen LogP contribution in [0.1, 0.15) is 39.5 Å². The lowest BCUT2D eigenvalue weighted by Gasteiger charge is -2.20. The lowest BCUT2D eigenvalue weighted by Crippen LogP contribution is -2.40. The molecule has 1 saturated heterocycles. The summed E-state index contributed by atoms with van der Waals surface area (Å²) in [4.78, 5) is 4.66. The van der Waals surface area contributed by atoms with Crippen LogP contribution in [-0.2, 0) is 4.74 Å². The van der Waals surface area contributed by atoms with Crippen molar-refractivity contribution in [2.75, 3.05) is 13.2 Å². The van der Waals surface area contributed by atoms with E-state index in [0.29, 0.717) is 17.4 Å². The minimum Gasteiger partial charge on any atom is -0.376 e. The number of aliphatic imine (C=N–C) groups is 1. The van der Waals surface area contributed by atoms with Crippen molar-refractivity contribution in [2.24, 2.45) is 16.8 Å². The van der Waals surface area contributed by atoms with E-state index in [2.05, 4.69) is 24.2 Å². The number of rotatable bonds is 4. The Morgan fingerprint density at radius 3 is 2.94 bits per heavy atom. The first-order valence-corrected chi connectivity index (χ1v) is 8.19. The summed E-state index contributed by atoms with van der Waals surface area (Å²) in [5.74, 6) is 1.59. The number of hydrogen-bond acceptors (Lipinski definition) is 4. The van der Waals surface area contributed by atoms with Gasteiger partial charge in [0, 0.05) is 11.9 Å². The van der Waals surface area contributed by atoms with Crippen LogP contribution in [0.3, 0.4) is 0 Å². The van der Waals surface area contributed by atoms with E-state index >= 15 is 0 Å². The zero-order valence-corrected chi connectivity index (χ0v) is 12.2. The Balaban J connectivity index is 1.48. The van der Waals surface area contributed by atoms with Gasteiger partial charge in [-0.25, -0.2) is 0 Å². The van der Waals surface area contributed by atoms with Gasteiger partial charge in [0.05, 0.1) is 18.7 Å². The van der Waals surface area contributed by atoms with Gasteiger partial charge in [0.1, 0.15) is 0 Å². The molecule has 1 N–H and O–H groups in total. The van der Waals surface area contributed by atoms with Gasteiger partial charge in [-0.3, -0.25) is 4.99 Å². The van der Waals surface area contributed by atoms with Gasteiger partial charge in [-0.05, 0) is 37.5 Å².